The summed E-state index contributed by atoms with van der Waals surface area (Å²) in [6.07, 6.45) is 0. The van der Waals surface area contributed by atoms with Gasteiger partial charge in [-0.15, -0.1) is 5.10 Å². The summed E-state index contributed by atoms with van der Waals surface area (Å²) in [5.41, 5.74) is 1.62. The lowest BCUT2D eigenvalue weighted by Gasteiger charge is -2.12. The number of anilines is 2. The van der Waals surface area contributed by atoms with Crippen LogP contribution in [0.5, 0.6) is 11.5 Å². The fourth-order valence-electron chi connectivity index (χ4n) is 2.60. The summed E-state index contributed by atoms with van der Waals surface area (Å²) >= 11 is 1.23. The second kappa shape index (κ2) is 10.4. The van der Waals surface area contributed by atoms with Crippen molar-refractivity contribution in [2.45, 2.75) is 12.1 Å². The maximum absolute atomic E-state index is 12.5. The van der Waals surface area contributed by atoms with Crippen LogP contribution in [0.15, 0.2) is 47.6 Å². The van der Waals surface area contributed by atoms with Gasteiger partial charge in [-0.05, 0) is 53.7 Å². The molecule has 0 fully saturated rings. The van der Waals surface area contributed by atoms with Gasteiger partial charge >= 0.3 is 0 Å². The smallest absolute Gasteiger partial charge is 0.255 e. The van der Waals surface area contributed by atoms with Crippen molar-refractivity contribution in [2.24, 2.45) is 7.05 Å². The summed E-state index contributed by atoms with van der Waals surface area (Å²) in [5, 5.41) is 17.2. The van der Waals surface area contributed by atoms with Crippen LogP contribution >= 0.6 is 11.8 Å². The van der Waals surface area contributed by atoms with Gasteiger partial charge < -0.3 is 20.1 Å². The lowest BCUT2D eigenvalue weighted by atomic mass is 10.2. The summed E-state index contributed by atoms with van der Waals surface area (Å²) in [6.45, 7) is 2.40. The molecule has 1 heterocycles. The number of methoxy groups -OCH3 is 1. The largest absolute Gasteiger partial charge is 0.493 e. The zero-order valence-electron chi connectivity index (χ0n) is 17.3. The number of aromatic nitrogens is 4. The Kier molecular flexibility index (Phi) is 7.44. The van der Waals surface area contributed by atoms with Gasteiger partial charge in [-0.25, -0.2) is 4.68 Å². The first-order valence-corrected chi connectivity index (χ1v) is 10.4. The standard InChI is InChI=1S/C20H22N6O4S/c1-4-30-16-10-9-15(11-17(16)29-3)22-19(28)13-5-7-14(8-6-13)21-18(27)12-31-20-23-24-25-26(20)2/h5-11H,4,12H2,1-3H3,(H,21,27)(H,22,28). The van der Waals surface area contributed by atoms with Crippen LogP contribution < -0.4 is 20.1 Å². The molecule has 0 saturated heterocycles. The fraction of sp³-hybridized carbons (Fsp3) is 0.250. The lowest BCUT2D eigenvalue weighted by Crippen LogP contribution is -2.15. The van der Waals surface area contributed by atoms with Crippen molar-refractivity contribution < 1.29 is 19.1 Å². The van der Waals surface area contributed by atoms with Crippen LogP contribution in [-0.2, 0) is 11.8 Å². The Balaban J connectivity index is 1.56. The van der Waals surface area contributed by atoms with Crippen LogP contribution in [0.2, 0.25) is 0 Å². The number of hydrogen-bond acceptors (Lipinski definition) is 8. The number of amides is 2. The first kappa shape index (κ1) is 22.1. The van der Waals surface area contributed by atoms with E-state index in [1.54, 1.807) is 56.6 Å². The van der Waals surface area contributed by atoms with Gasteiger partial charge in [0.05, 0.1) is 19.5 Å². The molecule has 10 nitrogen and oxygen atoms in total. The molecule has 11 heteroatoms. The highest BCUT2D eigenvalue weighted by atomic mass is 32.2. The van der Waals surface area contributed by atoms with E-state index >= 15 is 0 Å². The predicted molar refractivity (Wildman–Crippen MR) is 117 cm³/mol. The Labute approximate surface area is 183 Å². The Hall–Kier alpha value is -3.60. The number of tetrazole rings is 1. The molecular weight excluding hydrogens is 420 g/mol. The van der Waals surface area contributed by atoms with E-state index in [2.05, 4.69) is 26.2 Å². The molecule has 2 amide bonds. The van der Waals surface area contributed by atoms with E-state index in [1.165, 1.54) is 16.4 Å². The molecule has 0 aliphatic carbocycles. The van der Waals surface area contributed by atoms with Crippen LogP contribution in [-0.4, -0.2) is 51.5 Å². The van der Waals surface area contributed by atoms with Gasteiger partial charge in [0.2, 0.25) is 11.1 Å². The molecule has 2 aromatic carbocycles. The van der Waals surface area contributed by atoms with Crippen molar-refractivity contribution in [3.63, 3.8) is 0 Å². The third kappa shape index (κ3) is 5.95. The fourth-order valence-corrected chi connectivity index (χ4v) is 3.25. The van der Waals surface area contributed by atoms with E-state index in [0.29, 0.717) is 40.2 Å². The van der Waals surface area contributed by atoms with Gasteiger partial charge in [0.25, 0.3) is 5.91 Å². The number of hydrogen-bond donors (Lipinski definition) is 2. The molecule has 1 aromatic heterocycles. The zero-order chi connectivity index (χ0) is 22.2. The molecule has 0 saturated carbocycles. The molecule has 0 spiro atoms. The highest BCUT2D eigenvalue weighted by Crippen LogP contribution is 2.30. The Morgan fingerprint density at radius 3 is 2.45 bits per heavy atom. The Morgan fingerprint density at radius 1 is 1.06 bits per heavy atom. The number of aryl methyl sites for hydroxylation is 1. The minimum absolute atomic E-state index is 0.163. The number of ether oxygens (including phenoxy) is 2. The monoisotopic (exact) mass is 442 g/mol. The SMILES string of the molecule is CCOc1ccc(NC(=O)c2ccc(NC(=O)CSc3nnnn3C)cc2)cc1OC. The van der Waals surface area contributed by atoms with Crippen LogP contribution in [0.3, 0.4) is 0 Å². The number of carbonyl (C=O) groups is 2. The lowest BCUT2D eigenvalue weighted by molar-refractivity contribution is -0.113. The molecule has 0 atom stereocenters. The molecule has 0 unspecified atom stereocenters. The molecule has 2 N–H and O–H groups in total. The molecular formula is C20H22N6O4S. The molecule has 0 aliphatic heterocycles. The zero-order valence-corrected chi connectivity index (χ0v) is 18.1. The topological polar surface area (TPSA) is 120 Å². The first-order valence-electron chi connectivity index (χ1n) is 9.37. The van der Waals surface area contributed by atoms with Gasteiger partial charge in [-0.2, -0.15) is 0 Å². The molecule has 162 valence electrons. The van der Waals surface area contributed by atoms with Crippen LogP contribution in [0.4, 0.5) is 11.4 Å². The molecule has 3 aromatic rings. The van der Waals surface area contributed by atoms with Crippen LogP contribution in [0, 0.1) is 0 Å². The number of benzene rings is 2. The van der Waals surface area contributed by atoms with Gasteiger partial charge in [0.1, 0.15) is 0 Å². The molecule has 0 radical (unpaired) electrons. The second-order valence-electron chi connectivity index (χ2n) is 6.25. The highest BCUT2D eigenvalue weighted by molar-refractivity contribution is 7.99. The normalized spacial score (nSPS) is 10.4. The summed E-state index contributed by atoms with van der Waals surface area (Å²) in [5.74, 6) is 0.821. The predicted octanol–water partition coefficient (Wildman–Crippen LogP) is 2.60. The molecule has 31 heavy (non-hydrogen) atoms. The van der Waals surface area contributed by atoms with E-state index < -0.39 is 0 Å². The number of rotatable bonds is 9. The van der Waals surface area contributed by atoms with E-state index in [9.17, 15) is 9.59 Å². The van der Waals surface area contributed by atoms with E-state index in [0.717, 1.165) is 0 Å². The second-order valence-corrected chi connectivity index (χ2v) is 7.19. The van der Waals surface area contributed by atoms with Crippen molar-refractivity contribution in [1.82, 2.24) is 20.2 Å². The van der Waals surface area contributed by atoms with E-state index in [1.807, 2.05) is 6.92 Å². The summed E-state index contributed by atoms with van der Waals surface area (Å²) < 4.78 is 12.3. The van der Waals surface area contributed by atoms with Crippen molar-refractivity contribution >= 4 is 35.0 Å². The van der Waals surface area contributed by atoms with Gasteiger partial charge in [-0.3, -0.25) is 9.59 Å². The maximum Gasteiger partial charge on any atom is 0.255 e. The maximum atomic E-state index is 12.5. The summed E-state index contributed by atoms with van der Waals surface area (Å²) in [4.78, 5) is 24.6. The van der Waals surface area contributed by atoms with Crippen LogP contribution in [0.1, 0.15) is 17.3 Å². The van der Waals surface area contributed by atoms with Crippen LogP contribution in [0.25, 0.3) is 0 Å². The average molecular weight is 443 g/mol. The number of carbonyl (C=O) groups excluding carboxylic acids is 2. The van der Waals surface area contributed by atoms with E-state index in [4.69, 9.17) is 9.47 Å². The van der Waals surface area contributed by atoms with Crippen molar-refractivity contribution in [2.75, 3.05) is 30.1 Å². The molecule has 0 aliphatic rings. The van der Waals surface area contributed by atoms with Gasteiger partial charge in [-0.1, -0.05) is 11.8 Å². The minimum Gasteiger partial charge on any atom is -0.493 e. The third-order valence-corrected chi connectivity index (χ3v) is 5.08. The average Bonchev–Trinajstić information content (AvgIpc) is 3.18. The minimum atomic E-state index is -0.283. The molecule has 3 rings (SSSR count). The van der Waals surface area contributed by atoms with Gasteiger partial charge in [0, 0.05) is 30.1 Å². The highest BCUT2D eigenvalue weighted by Gasteiger charge is 2.11. The van der Waals surface area contributed by atoms with E-state index in [-0.39, 0.29) is 17.6 Å². The Bertz CT molecular complexity index is 1050. The number of nitrogens with one attached hydrogen (secondary N) is 2. The molecule has 0 bridgehead atoms. The van der Waals surface area contributed by atoms with Crippen molar-refractivity contribution in [1.29, 1.82) is 0 Å². The van der Waals surface area contributed by atoms with Crippen molar-refractivity contribution in [3.8, 4) is 11.5 Å². The van der Waals surface area contributed by atoms with Crippen molar-refractivity contribution in [3.05, 3.63) is 48.0 Å². The van der Waals surface area contributed by atoms with Gasteiger partial charge in [0.15, 0.2) is 11.5 Å². The number of thioether (sulfide) groups is 1. The summed E-state index contributed by atoms with van der Waals surface area (Å²) in [6, 6.07) is 11.8. The Morgan fingerprint density at radius 2 is 1.81 bits per heavy atom. The third-order valence-electron chi connectivity index (χ3n) is 4.07. The quantitative estimate of drug-likeness (QED) is 0.485. The first-order chi connectivity index (χ1) is 15.0. The summed E-state index contributed by atoms with van der Waals surface area (Å²) in [7, 11) is 3.24. The number of nitrogens with zero attached hydrogens (tertiary/aromatic N) is 4.